The van der Waals surface area contributed by atoms with Crippen molar-refractivity contribution >= 4 is 29.8 Å². The first-order valence-electron chi connectivity index (χ1n) is 14.2. The maximum absolute atomic E-state index is 13.9. The maximum Gasteiger partial charge on any atom is 0.345 e. The number of hydrogen-bond donors (Lipinski definition) is 2. The van der Waals surface area contributed by atoms with E-state index in [4.69, 9.17) is 42.6 Å². The average Bonchev–Trinajstić information content (AvgIpc) is 3.61. The molecular formula is C29H34O16. The van der Waals surface area contributed by atoms with Crippen LogP contribution in [0.4, 0.5) is 0 Å². The second-order valence-electron chi connectivity index (χ2n) is 11.1. The largest absolute Gasteiger partial charge is 0.508 e. The van der Waals surface area contributed by atoms with Gasteiger partial charge in [0, 0.05) is 40.2 Å². The van der Waals surface area contributed by atoms with Crippen molar-refractivity contribution in [3.05, 3.63) is 29.8 Å². The van der Waals surface area contributed by atoms with Crippen LogP contribution in [0.5, 0.6) is 5.75 Å². The van der Waals surface area contributed by atoms with Gasteiger partial charge in [0.15, 0.2) is 24.4 Å². The number of hydrogen-bond acceptors (Lipinski definition) is 16. The normalized spacial score (nSPS) is 37.0. The molecule has 246 valence electrons. The van der Waals surface area contributed by atoms with Crippen molar-refractivity contribution in [1.29, 1.82) is 0 Å². The van der Waals surface area contributed by atoms with Crippen molar-refractivity contribution in [2.24, 2.45) is 0 Å². The van der Waals surface area contributed by atoms with Gasteiger partial charge in [0.2, 0.25) is 11.9 Å². The van der Waals surface area contributed by atoms with Gasteiger partial charge in [0.05, 0.1) is 6.61 Å². The SMILES string of the molecule is CC(=O)OC[C@H]1O[C@@H](O[C@]23OC[C@H](OC(C)=O)[C@H]2OC(=O)[C@@]32OCC[C@@H]2c2ccc(O)cc2)[C@H](OC(C)=O)[C@H](O)[C@@H]1OC(C)=O. The summed E-state index contributed by atoms with van der Waals surface area (Å²) in [5, 5.41) is 21.2. The summed E-state index contributed by atoms with van der Waals surface area (Å²) in [6.45, 7) is 3.63. The third-order valence-electron chi connectivity index (χ3n) is 8.03. The van der Waals surface area contributed by atoms with Gasteiger partial charge in [-0.15, -0.1) is 0 Å². The number of rotatable bonds is 8. The predicted molar refractivity (Wildman–Crippen MR) is 142 cm³/mol. The summed E-state index contributed by atoms with van der Waals surface area (Å²) in [7, 11) is 0. The first-order chi connectivity index (χ1) is 21.3. The molecule has 0 bridgehead atoms. The molecule has 16 heteroatoms. The molecule has 1 aromatic rings. The van der Waals surface area contributed by atoms with Crippen LogP contribution in [0.1, 0.15) is 45.6 Å². The number of carbonyl (C=O) groups is 5. The molecule has 1 aromatic carbocycles. The molecule has 2 N–H and O–H groups in total. The zero-order valence-electron chi connectivity index (χ0n) is 24.9. The summed E-state index contributed by atoms with van der Waals surface area (Å²) >= 11 is 0. The topological polar surface area (TPSA) is 209 Å². The smallest absolute Gasteiger partial charge is 0.345 e. The molecule has 0 radical (unpaired) electrons. The Kier molecular flexibility index (Phi) is 9.06. The standard InChI is InChI=1S/C29H34O16/c1-13(30)37-11-20-23(41-15(3)32)22(35)24(42-16(4)33)26(43-20)45-29-25(21(12-39-29)40-14(2)31)44-27(36)28(29)19(9-10-38-28)17-5-7-18(34)8-6-17/h5-8,19-26,34-35H,9-12H2,1-4H3/t19-,20-,21+,22-,23-,24-,25-,26+,28-,29-/m1/s1. The van der Waals surface area contributed by atoms with E-state index < -0.39 is 96.7 Å². The zero-order valence-corrected chi connectivity index (χ0v) is 24.9. The van der Waals surface area contributed by atoms with Gasteiger partial charge in [-0.1, -0.05) is 12.1 Å². The lowest BCUT2D eigenvalue weighted by Gasteiger charge is -2.47. The molecule has 0 amide bonds. The molecule has 4 fully saturated rings. The van der Waals surface area contributed by atoms with Gasteiger partial charge in [-0.25, -0.2) is 4.79 Å². The highest BCUT2D eigenvalue weighted by atomic mass is 16.8. The Morgan fingerprint density at radius 3 is 2.18 bits per heavy atom. The molecule has 45 heavy (non-hydrogen) atoms. The number of phenols is 1. The summed E-state index contributed by atoms with van der Waals surface area (Å²) in [6, 6.07) is 6.03. The van der Waals surface area contributed by atoms with Crippen molar-refractivity contribution in [2.75, 3.05) is 19.8 Å². The Labute approximate surface area is 256 Å². The molecule has 1 spiro atoms. The van der Waals surface area contributed by atoms with E-state index in [1.807, 2.05) is 0 Å². The van der Waals surface area contributed by atoms with E-state index in [1.54, 1.807) is 12.1 Å². The molecule has 5 rings (SSSR count). The molecule has 0 aliphatic carbocycles. The molecule has 4 aliphatic rings. The van der Waals surface area contributed by atoms with E-state index in [2.05, 4.69) is 0 Å². The molecule has 4 heterocycles. The van der Waals surface area contributed by atoms with Gasteiger partial charge in [-0.3, -0.25) is 19.2 Å². The fraction of sp³-hybridized carbons (Fsp3) is 0.621. The Hall–Kier alpha value is -3.83. The van der Waals surface area contributed by atoms with Gasteiger partial charge < -0.3 is 52.8 Å². The Morgan fingerprint density at radius 1 is 0.911 bits per heavy atom. The van der Waals surface area contributed by atoms with Crippen molar-refractivity contribution < 1.29 is 76.8 Å². The van der Waals surface area contributed by atoms with E-state index >= 15 is 0 Å². The predicted octanol–water partition coefficient (Wildman–Crippen LogP) is -0.253. The lowest BCUT2D eigenvalue weighted by atomic mass is 9.76. The second kappa shape index (κ2) is 12.5. The molecule has 10 atom stereocenters. The minimum atomic E-state index is -2.23. The summed E-state index contributed by atoms with van der Waals surface area (Å²) < 4.78 is 51.7. The molecule has 0 aromatic heterocycles. The van der Waals surface area contributed by atoms with Crippen LogP contribution >= 0.6 is 0 Å². The third kappa shape index (κ3) is 5.83. The number of ether oxygens (including phenoxy) is 9. The number of carbonyl (C=O) groups excluding carboxylic acids is 5. The Bertz CT molecular complexity index is 1330. The second-order valence-corrected chi connectivity index (χ2v) is 11.1. The van der Waals surface area contributed by atoms with Crippen LogP contribution in [0.2, 0.25) is 0 Å². The van der Waals surface area contributed by atoms with E-state index in [0.29, 0.717) is 5.56 Å². The third-order valence-corrected chi connectivity index (χ3v) is 8.03. The summed E-state index contributed by atoms with van der Waals surface area (Å²) in [5.74, 6) is -7.05. The van der Waals surface area contributed by atoms with Crippen LogP contribution in [-0.4, -0.2) is 114 Å². The highest BCUT2D eigenvalue weighted by Crippen LogP contribution is 2.58. The highest BCUT2D eigenvalue weighted by molar-refractivity contribution is 5.86. The van der Waals surface area contributed by atoms with Gasteiger partial charge in [0.25, 0.3) is 5.79 Å². The molecule has 0 unspecified atom stereocenters. The van der Waals surface area contributed by atoms with Crippen LogP contribution < -0.4 is 0 Å². The summed E-state index contributed by atoms with van der Waals surface area (Å²) in [6.07, 6.45) is -10.4. The lowest BCUT2D eigenvalue weighted by molar-refractivity contribution is -0.391. The van der Waals surface area contributed by atoms with E-state index in [0.717, 1.165) is 27.7 Å². The first kappa shape index (κ1) is 32.6. The lowest BCUT2D eigenvalue weighted by Crippen LogP contribution is -2.68. The molecule has 4 saturated heterocycles. The minimum Gasteiger partial charge on any atom is -0.508 e. The van der Waals surface area contributed by atoms with Crippen molar-refractivity contribution in [1.82, 2.24) is 0 Å². The number of esters is 5. The number of aromatic hydroxyl groups is 1. The van der Waals surface area contributed by atoms with Crippen LogP contribution in [-0.2, 0) is 66.6 Å². The zero-order chi connectivity index (χ0) is 32.7. The van der Waals surface area contributed by atoms with E-state index in [9.17, 15) is 34.2 Å². The molecule has 0 saturated carbocycles. The van der Waals surface area contributed by atoms with Crippen molar-refractivity contribution in [3.63, 3.8) is 0 Å². The molecule has 16 nitrogen and oxygen atoms in total. The van der Waals surface area contributed by atoms with Crippen LogP contribution in [0.3, 0.4) is 0 Å². The number of fused-ring (bicyclic) bond motifs is 2. The monoisotopic (exact) mass is 638 g/mol. The van der Waals surface area contributed by atoms with Crippen LogP contribution in [0.15, 0.2) is 24.3 Å². The van der Waals surface area contributed by atoms with Gasteiger partial charge in [0.1, 0.15) is 24.6 Å². The Balaban J connectivity index is 1.60. The van der Waals surface area contributed by atoms with Gasteiger partial charge in [-0.05, 0) is 24.1 Å². The number of benzene rings is 1. The van der Waals surface area contributed by atoms with Crippen molar-refractivity contribution in [3.8, 4) is 5.75 Å². The van der Waals surface area contributed by atoms with Gasteiger partial charge in [-0.2, -0.15) is 0 Å². The minimum absolute atomic E-state index is 0.0217. The number of aliphatic hydroxyl groups excluding tert-OH is 1. The maximum atomic E-state index is 13.9. The van der Waals surface area contributed by atoms with E-state index in [-0.39, 0.29) is 25.4 Å². The van der Waals surface area contributed by atoms with Crippen molar-refractivity contribution in [2.45, 2.75) is 94.3 Å². The molecule has 4 aliphatic heterocycles. The van der Waals surface area contributed by atoms with E-state index in [1.165, 1.54) is 12.1 Å². The van der Waals surface area contributed by atoms with Crippen LogP contribution in [0.25, 0.3) is 0 Å². The number of phenolic OH excluding ortho intramolecular Hbond substituents is 1. The van der Waals surface area contributed by atoms with Crippen LogP contribution in [0, 0.1) is 0 Å². The molecular weight excluding hydrogens is 604 g/mol. The average molecular weight is 639 g/mol. The fourth-order valence-corrected chi connectivity index (χ4v) is 6.38. The quantitative estimate of drug-likeness (QED) is 0.278. The fourth-order valence-electron chi connectivity index (χ4n) is 6.38. The Morgan fingerprint density at radius 2 is 1.56 bits per heavy atom. The number of aliphatic hydroxyl groups is 1. The summed E-state index contributed by atoms with van der Waals surface area (Å²) in [4.78, 5) is 61.6. The first-order valence-corrected chi connectivity index (χ1v) is 14.2. The highest BCUT2D eigenvalue weighted by Gasteiger charge is 2.81. The van der Waals surface area contributed by atoms with Gasteiger partial charge >= 0.3 is 29.8 Å². The summed E-state index contributed by atoms with van der Waals surface area (Å²) in [5.41, 5.74) is -1.49.